The number of hydrazine groups is 2. The molecule has 3 heteroatoms. The van der Waals surface area contributed by atoms with E-state index in [9.17, 15) is 0 Å². The van der Waals surface area contributed by atoms with Gasteiger partial charge >= 0.3 is 0 Å². The lowest BCUT2D eigenvalue weighted by molar-refractivity contribution is 0.288. The van der Waals surface area contributed by atoms with Gasteiger partial charge in [-0.25, -0.2) is 0 Å². The van der Waals surface area contributed by atoms with Crippen LogP contribution >= 0.6 is 0 Å². The number of nitrogens with zero attached hydrogens (tertiary/aromatic N) is 1. The summed E-state index contributed by atoms with van der Waals surface area (Å²) in [5.41, 5.74) is 2.58. The van der Waals surface area contributed by atoms with Gasteiger partial charge in [0, 0.05) is 13.2 Å². The van der Waals surface area contributed by atoms with Crippen molar-refractivity contribution in [1.82, 2.24) is 10.5 Å². The fourth-order valence-corrected chi connectivity index (χ4v) is 0.144. The van der Waals surface area contributed by atoms with Crippen LogP contribution < -0.4 is 11.3 Å². The van der Waals surface area contributed by atoms with Gasteiger partial charge in [-0.05, 0) is 0 Å². The van der Waals surface area contributed by atoms with Crippen LogP contribution in [0.25, 0.3) is 0 Å². The van der Waals surface area contributed by atoms with E-state index in [1.165, 1.54) is 11.3 Å². The molecule has 0 saturated heterocycles. The van der Waals surface area contributed by atoms with Gasteiger partial charge in [0.05, 0.1) is 0 Å². The van der Waals surface area contributed by atoms with Crippen molar-refractivity contribution in [2.24, 2.45) is 5.84 Å². The first-order valence-electron chi connectivity index (χ1n) is 1.63. The van der Waals surface area contributed by atoms with Gasteiger partial charge in [0.25, 0.3) is 0 Å². The summed E-state index contributed by atoms with van der Waals surface area (Å²) in [6.45, 7) is 3.37. The molecule has 6 heavy (non-hydrogen) atoms. The lowest BCUT2D eigenvalue weighted by Gasteiger charge is -2.05. The maximum Gasteiger partial charge on any atom is 0.0222 e. The second-order valence-corrected chi connectivity index (χ2v) is 0.944. The van der Waals surface area contributed by atoms with Gasteiger partial charge in [-0.3, -0.25) is 5.84 Å². The van der Waals surface area contributed by atoms with Crippen LogP contribution in [0.4, 0.5) is 0 Å². The quantitative estimate of drug-likeness (QED) is 0.350. The molecule has 0 aliphatic heterocycles. The molecule has 0 radical (unpaired) electrons. The molecule has 0 heterocycles. The molecule has 0 fully saturated rings. The van der Waals surface area contributed by atoms with Crippen LogP contribution in [0.3, 0.4) is 0 Å². The van der Waals surface area contributed by atoms with Crippen molar-refractivity contribution in [3.8, 4) is 0 Å². The van der Waals surface area contributed by atoms with Crippen LogP contribution in [-0.4, -0.2) is 12.2 Å². The fraction of sp³-hybridized carbons (Fsp3) is 0.333. The number of rotatable bonds is 2. The average molecular weight is 87.1 g/mol. The number of hydrogen-bond acceptors (Lipinski definition) is 3. The van der Waals surface area contributed by atoms with Crippen molar-refractivity contribution in [1.29, 1.82) is 0 Å². The van der Waals surface area contributed by atoms with Crippen LogP contribution in [0.2, 0.25) is 0 Å². The Balaban J connectivity index is 2.81. The van der Waals surface area contributed by atoms with Gasteiger partial charge in [-0.2, -0.15) is 5.12 Å². The topological polar surface area (TPSA) is 41.3 Å². The van der Waals surface area contributed by atoms with E-state index < -0.39 is 0 Å². The molecular weight excluding hydrogens is 78.1 g/mol. The third-order valence-corrected chi connectivity index (χ3v) is 0.295. The smallest absolute Gasteiger partial charge is 0.0222 e. The van der Waals surface area contributed by atoms with Crippen molar-refractivity contribution in [3.63, 3.8) is 0 Å². The highest BCUT2D eigenvalue weighted by molar-refractivity contribution is 4.55. The maximum absolute atomic E-state index is 5.05. The molecule has 36 valence electrons. The van der Waals surface area contributed by atoms with Crippen LogP contribution in [0.1, 0.15) is 0 Å². The van der Waals surface area contributed by atoms with E-state index in [0.29, 0.717) is 0 Å². The first-order chi connectivity index (χ1) is 2.77. The summed E-state index contributed by atoms with van der Waals surface area (Å²) < 4.78 is 0. The lowest BCUT2D eigenvalue weighted by atomic mass is 11.1. The zero-order valence-corrected chi connectivity index (χ0v) is 3.81. The molecule has 3 nitrogen and oxygen atoms in total. The monoisotopic (exact) mass is 87.1 g/mol. The molecule has 0 atom stereocenters. The van der Waals surface area contributed by atoms with Crippen LogP contribution in [0.5, 0.6) is 0 Å². The summed E-state index contributed by atoms with van der Waals surface area (Å²) >= 11 is 0. The van der Waals surface area contributed by atoms with Crippen molar-refractivity contribution >= 4 is 0 Å². The first kappa shape index (κ1) is 5.46. The number of nitrogens with one attached hydrogen (secondary N) is 1. The summed E-state index contributed by atoms with van der Waals surface area (Å²) in [6, 6.07) is 0. The van der Waals surface area contributed by atoms with Crippen molar-refractivity contribution < 1.29 is 0 Å². The highest BCUT2D eigenvalue weighted by Gasteiger charge is 1.71. The normalized spacial score (nSPS) is 8.50. The molecule has 0 aromatic rings. The van der Waals surface area contributed by atoms with E-state index in [1.54, 1.807) is 7.05 Å². The molecule has 0 aromatic carbocycles. The largest absolute Gasteiger partial charge is 0.314 e. The standard InChI is InChI=1S/C3H9N3/c1-3-5-6(2)4/h3,5H,1,4H2,2H3. The Morgan fingerprint density at radius 1 is 2.00 bits per heavy atom. The SMILES string of the molecule is C=CNN(C)N. The van der Waals surface area contributed by atoms with E-state index in [1.807, 2.05) is 0 Å². The van der Waals surface area contributed by atoms with E-state index in [-0.39, 0.29) is 0 Å². The highest BCUT2D eigenvalue weighted by Crippen LogP contribution is 1.51. The Hall–Kier alpha value is -0.540. The predicted octanol–water partition coefficient (Wildman–Crippen LogP) is -0.560. The fourth-order valence-electron chi connectivity index (χ4n) is 0.144. The van der Waals surface area contributed by atoms with E-state index in [0.717, 1.165) is 0 Å². The van der Waals surface area contributed by atoms with Gasteiger partial charge in [-0.15, -0.1) is 0 Å². The molecule has 0 spiro atoms. The predicted molar refractivity (Wildman–Crippen MR) is 25.3 cm³/mol. The molecule has 0 aliphatic carbocycles. The van der Waals surface area contributed by atoms with Gasteiger partial charge in [0.1, 0.15) is 0 Å². The molecule has 0 aliphatic rings. The molecule has 0 aromatic heterocycles. The minimum absolute atomic E-state index is 1.31. The first-order valence-corrected chi connectivity index (χ1v) is 1.63. The minimum Gasteiger partial charge on any atom is -0.314 e. The Labute approximate surface area is 37.4 Å². The summed E-state index contributed by atoms with van der Waals surface area (Å²) in [7, 11) is 1.68. The molecule has 3 N–H and O–H groups in total. The highest BCUT2D eigenvalue weighted by atomic mass is 15.6. The number of hydrogen-bond donors (Lipinski definition) is 2. The molecule has 0 rings (SSSR count). The molecule has 0 bridgehead atoms. The van der Waals surface area contributed by atoms with Crippen LogP contribution in [0.15, 0.2) is 12.8 Å². The second kappa shape index (κ2) is 2.68. The van der Waals surface area contributed by atoms with Gasteiger partial charge in [-0.1, -0.05) is 6.58 Å². The van der Waals surface area contributed by atoms with Crippen LogP contribution in [0, 0.1) is 0 Å². The van der Waals surface area contributed by atoms with Crippen LogP contribution in [-0.2, 0) is 0 Å². The lowest BCUT2D eigenvalue weighted by Crippen LogP contribution is -2.35. The molecule has 0 unspecified atom stereocenters. The van der Waals surface area contributed by atoms with E-state index in [4.69, 9.17) is 5.84 Å². The van der Waals surface area contributed by atoms with E-state index in [2.05, 4.69) is 12.0 Å². The Bertz CT molecular complexity index is 41.3. The van der Waals surface area contributed by atoms with Gasteiger partial charge in [0.2, 0.25) is 0 Å². The van der Waals surface area contributed by atoms with Crippen molar-refractivity contribution in [3.05, 3.63) is 12.8 Å². The summed E-state index contributed by atoms with van der Waals surface area (Å²) in [6.07, 6.45) is 1.50. The molecular formula is C3H9N3. The Morgan fingerprint density at radius 3 is 2.50 bits per heavy atom. The number of nitrogens with two attached hydrogens (primary N) is 1. The zero-order valence-electron chi connectivity index (χ0n) is 3.81. The summed E-state index contributed by atoms with van der Waals surface area (Å²) in [5, 5.41) is 1.31. The van der Waals surface area contributed by atoms with Gasteiger partial charge < -0.3 is 5.43 Å². The van der Waals surface area contributed by atoms with E-state index >= 15 is 0 Å². The third-order valence-electron chi connectivity index (χ3n) is 0.295. The maximum atomic E-state index is 5.05. The minimum atomic E-state index is 1.31. The van der Waals surface area contributed by atoms with Crippen molar-refractivity contribution in [2.75, 3.05) is 7.05 Å². The Kier molecular flexibility index (Phi) is 2.44. The third kappa shape index (κ3) is 3.46. The summed E-state index contributed by atoms with van der Waals surface area (Å²) in [4.78, 5) is 0. The molecule has 0 saturated carbocycles. The van der Waals surface area contributed by atoms with Crippen molar-refractivity contribution in [2.45, 2.75) is 0 Å². The summed E-state index contributed by atoms with van der Waals surface area (Å²) in [5.74, 6) is 5.05. The zero-order chi connectivity index (χ0) is 4.99. The second-order valence-electron chi connectivity index (χ2n) is 0.944. The average Bonchev–Trinajstić information content (AvgIpc) is 1.35. The molecule has 0 amide bonds. The Morgan fingerprint density at radius 2 is 2.50 bits per heavy atom. The van der Waals surface area contributed by atoms with Gasteiger partial charge in [0.15, 0.2) is 0 Å².